The van der Waals surface area contributed by atoms with E-state index in [-0.39, 0.29) is 21.6 Å². The van der Waals surface area contributed by atoms with Crippen LogP contribution in [0.1, 0.15) is 89.0 Å². The van der Waals surface area contributed by atoms with E-state index < -0.39 is 0 Å². The fraction of sp³-hybridized carbons (Fsp3) is 0.941. The molecule has 0 saturated heterocycles. The van der Waals surface area contributed by atoms with Gasteiger partial charge in [0, 0.05) is 15.7 Å². The highest BCUT2D eigenvalue weighted by Gasteiger charge is 2.32. The molecule has 0 aromatic carbocycles. The molecule has 0 rings (SSSR count). The first kappa shape index (κ1) is 24.8. The monoisotopic (exact) mass is 305 g/mol. The van der Waals surface area contributed by atoms with Gasteiger partial charge in [0.05, 0.1) is 0 Å². The van der Waals surface area contributed by atoms with Gasteiger partial charge in [-0.25, -0.2) is 0 Å². The lowest BCUT2D eigenvalue weighted by atomic mass is 9.86. The highest BCUT2D eigenvalue weighted by Crippen LogP contribution is 2.27. The van der Waals surface area contributed by atoms with Crippen LogP contribution in [-0.2, 0) is 4.79 Å². The summed E-state index contributed by atoms with van der Waals surface area (Å²) < 4.78 is -0.0763. The molecule has 0 aliphatic carbocycles. The van der Waals surface area contributed by atoms with E-state index in [2.05, 4.69) is 45.6 Å². The van der Waals surface area contributed by atoms with Crippen molar-refractivity contribution in [2.24, 2.45) is 5.41 Å². The van der Waals surface area contributed by atoms with Gasteiger partial charge in [-0.05, 0) is 26.7 Å². The van der Waals surface area contributed by atoms with Crippen molar-refractivity contribution in [2.75, 3.05) is 0 Å². The average Bonchev–Trinajstić information content (AvgIpc) is 2.30. The number of thiol groups is 1. The Hall–Kier alpha value is -0.180. The van der Waals surface area contributed by atoms with E-state index in [0.717, 1.165) is 12.8 Å². The van der Waals surface area contributed by atoms with Crippen LogP contribution in [-0.4, -0.2) is 16.2 Å². The Morgan fingerprint density at radius 2 is 1.30 bits per heavy atom. The molecule has 0 heterocycles. The molecular weight excluding hydrogens is 266 g/mol. The summed E-state index contributed by atoms with van der Waals surface area (Å²) in [4.78, 5) is 12.1. The first-order chi connectivity index (χ1) is 8.90. The zero-order valence-corrected chi connectivity index (χ0v) is 16.7. The molecule has 3 heteroatoms. The van der Waals surface area contributed by atoms with Crippen LogP contribution in [0.25, 0.3) is 0 Å². The highest BCUT2D eigenvalue weighted by molar-refractivity contribution is 7.81. The van der Waals surface area contributed by atoms with Gasteiger partial charge in [-0.2, -0.15) is 12.6 Å². The van der Waals surface area contributed by atoms with E-state index in [1.807, 2.05) is 48.5 Å². The van der Waals surface area contributed by atoms with Crippen LogP contribution in [0, 0.1) is 5.41 Å². The molecule has 0 aromatic rings. The Morgan fingerprint density at radius 3 is 1.55 bits per heavy atom. The van der Waals surface area contributed by atoms with Gasteiger partial charge in [0.2, 0.25) is 5.91 Å². The lowest BCUT2D eigenvalue weighted by molar-refractivity contribution is -0.131. The average molecular weight is 306 g/mol. The molecule has 0 saturated carbocycles. The predicted molar refractivity (Wildman–Crippen MR) is 96.7 cm³/mol. The molecule has 124 valence electrons. The minimum atomic E-state index is -0.294. The second-order valence-corrected chi connectivity index (χ2v) is 7.78. The van der Waals surface area contributed by atoms with Crippen LogP contribution in [0.2, 0.25) is 0 Å². The molecule has 0 aromatic heterocycles. The summed E-state index contributed by atoms with van der Waals surface area (Å²) in [6.45, 7) is 22.2. The second-order valence-electron chi connectivity index (χ2n) is 6.56. The van der Waals surface area contributed by atoms with Gasteiger partial charge in [0.25, 0.3) is 0 Å². The number of amides is 1. The molecule has 0 bridgehead atoms. The van der Waals surface area contributed by atoms with Crippen LogP contribution < -0.4 is 5.32 Å². The molecule has 1 amide bonds. The molecule has 0 unspecified atom stereocenters. The van der Waals surface area contributed by atoms with E-state index in [1.54, 1.807) is 0 Å². The molecule has 0 atom stereocenters. The van der Waals surface area contributed by atoms with Crippen molar-refractivity contribution in [1.29, 1.82) is 0 Å². The Labute approximate surface area is 133 Å². The van der Waals surface area contributed by atoms with Gasteiger partial charge in [-0.15, -0.1) is 0 Å². The number of hydrogen-bond acceptors (Lipinski definition) is 2. The maximum Gasteiger partial charge on any atom is 0.226 e. The molecule has 2 nitrogen and oxygen atoms in total. The summed E-state index contributed by atoms with van der Waals surface area (Å²) in [5.74, 6) is 0.123. The molecule has 0 radical (unpaired) electrons. The fourth-order valence-electron chi connectivity index (χ4n) is 1.76. The number of nitrogens with one attached hydrogen (secondary N) is 1. The van der Waals surface area contributed by atoms with Crippen molar-refractivity contribution < 1.29 is 4.79 Å². The summed E-state index contributed by atoms with van der Waals surface area (Å²) in [5.41, 5.74) is -0.507. The van der Waals surface area contributed by atoms with Gasteiger partial charge in [0.1, 0.15) is 0 Å². The number of hydrogen-bond donors (Lipinski definition) is 2. The van der Waals surface area contributed by atoms with E-state index in [4.69, 9.17) is 0 Å². The number of rotatable bonds is 5. The third kappa shape index (κ3) is 12.8. The molecule has 0 fully saturated rings. The van der Waals surface area contributed by atoms with Crippen molar-refractivity contribution in [3.8, 4) is 0 Å². The molecule has 20 heavy (non-hydrogen) atoms. The Bertz CT molecular complexity index is 252. The normalized spacial score (nSPS) is 11.6. The molecule has 0 aliphatic heterocycles. The maximum absolute atomic E-state index is 12.1. The van der Waals surface area contributed by atoms with Crippen LogP contribution >= 0.6 is 12.6 Å². The van der Waals surface area contributed by atoms with Crippen LogP contribution in [0.4, 0.5) is 0 Å². The SMILES string of the molecule is CC.CC.CCC(C)(C)C(=O)NC(C)(C)CC(C)(C)S. The number of carbonyl (C=O) groups excluding carboxylic acids is 1. The molecule has 1 N–H and O–H groups in total. The smallest absolute Gasteiger partial charge is 0.226 e. The van der Waals surface area contributed by atoms with E-state index >= 15 is 0 Å². The van der Waals surface area contributed by atoms with Crippen molar-refractivity contribution >= 4 is 18.5 Å². The van der Waals surface area contributed by atoms with Gasteiger partial charge < -0.3 is 5.32 Å². The first-order valence-corrected chi connectivity index (χ1v) is 8.39. The second kappa shape index (κ2) is 10.5. The third-order valence-electron chi connectivity index (χ3n) is 2.83. The summed E-state index contributed by atoms with van der Waals surface area (Å²) in [6, 6.07) is 0. The zero-order valence-electron chi connectivity index (χ0n) is 15.8. The van der Waals surface area contributed by atoms with E-state index in [1.165, 1.54) is 0 Å². The molecular formula is C17H39NOS. The van der Waals surface area contributed by atoms with Crippen molar-refractivity contribution in [1.82, 2.24) is 5.32 Å². The Morgan fingerprint density at radius 1 is 0.950 bits per heavy atom. The van der Waals surface area contributed by atoms with Gasteiger partial charge in [0.15, 0.2) is 0 Å². The summed E-state index contributed by atoms with van der Waals surface area (Å²) in [7, 11) is 0. The topological polar surface area (TPSA) is 29.1 Å². The largest absolute Gasteiger partial charge is 0.351 e. The maximum atomic E-state index is 12.1. The Balaban J connectivity index is -0.000000656. The minimum Gasteiger partial charge on any atom is -0.351 e. The molecule has 0 spiro atoms. The van der Waals surface area contributed by atoms with Crippen molar-refractivity contribution in [2.45, 2.75) is 99.3 Å². The van der Waals surface area contributed by atoms with Gasteiger partial charge >= 0.3 is 0 Å². The van der Waals surface area contributed by atoms with Crippen LogP contribution in [0.15, 0.2) is 0 Å². The van der Waals surface area contributed by atoms with Gasteiger partial charge in [-0.3, -0.25) is 4.79 Å². The van der Waals surface area contributed by atoms with Crippen molar-refractivity contribution in [3.05, 3.63) is 0 Å². The van der Waals surface area contributed by atoms with Gasteiger partial charge in [-0.1, -0.05) is 62.3 Å². The fourth-order valence-corrected chi connectivity index (χ4v) is 2.16. The zero-order chi connectivity index (χ0) is 17.2. The standard InChI is InChI=1S/C13H27NOS.2C2H6/c1-8-11(2,3)10(15)14-12(4,5)9-13(6,7)16;2*1-2/h16H,8-9H2,1-7H3,(H,14,15);2*1-2H3. The minimum absolute atomic E-state index is 0.0763. The van der Waals surface area contributed by atoms with Crippen molar-refractivity contribution in [3.63, 3.8) is 0 Å². The first-order valence-electron chi connectivity index (χ1n) is 7.95. The summed E-state index contributed by atoms with van der Waals surface area (Å²) in [6.07, 6.45) is 1.69. The quantitative estimate of drug-likeness (QED) is 0.648. The Kier molecular flexibility index (Phi) is 13.1. The predicted octanol–water partition coefficient (Wildman–Crippen LogP) is 5.47. The lowest BCUT2D eigenvalue weighted by Crippen LogP contribution is -2.50. The summed E-state index contributed by atoms with van der Waals surface area (Å²) in [5, 5.41) is 3.12. The van der Waals surface area contributed by atoms with E-state index in [0.29, 0.717) is 0 Å². The highest BCUT2D eigenvalue weighted by atomic mass is 32.1. The lowest BCUT2D eigenvalue weighted by Gasteiger charge is -2.35. The third-order valence-corrected chi connectivity index (χ3v) is 2.98. The number of carbonyl (C=O) groups is 1. The van der Waals surface area contributed by atoms with E-state index in [9.17, 15) is 4.79 Å². The molecule has 0 aliphatic rings. The van der Waals surface area contributed by atoms with Crippen LogP contribution in [0.5, 0.6) is 0 Å². The summed E-state index contributed by atoms with van der Waals surface area (Å²) >= 11 is 4.51. The van der Waals surface area contributed by atoms with Crippen LogP contribution in [0.3, 0.4) is 0 Å².